The minimum atomic E-state index is 0.318. The third-order valence-electron chi connectivity index (χ3n) is 5.13. The zero-order valence-corrected chi connectivity index (χ0v) is 20.7. The average molecular weight is 482 g/mol. The Kier molecular flexibility index (Phi) is 14.1. The Hall–Kier alpha value is -1.62. The van der Waals surface area contributed by atoms with Crippen molar-refractivity contribution in [2.75, 3.05) is 25.3 Å². The highest BCUT2D eigenvalue weighted by Gasteiger charge is 2.11. The van der Waals surface area contributed by atoms with Crippen LogP contribution in [-0.2, 0) is 4.84 Å². The van der Waals surface area contributed by atoms with Gasteiger partial charge in [0.05, 0.1) is 22.3 Å². The minimum absolute atomic E-state index is 0.318. The van der Waals surface area contributed by atoms with Crippen LogP contribution in [0.25, 0.3) is 0 Å². The van der Waals surface area contributed by atoms with Crippen molar-refractivity contribution in [1.29, 1.82) is 0 Å². The zero-order chi connectivity index (χ0) is 22.9. The summed E-state index contributed by atoms with van der Waals surface area (Å²) in [6.07, 6.45) is 13.0. The molecule has 0 atom stereocenters. The monoisotopic (exact) mass is 481 g/mol. The minimum Gasteiger partial charge on any atom is -0.493 e. The van der Waals surface area contributed by atoms with E-state index in [1.807, 2.05) is 30.3 Å². The molecule has 0 amide bonds. The Labute approximate surface area is 203 Å². The third kappa shape index (κ3) is 11.3. The summed E-state index contributed by atoms with van der Waals surface area (Å²) in [6, 6.07) is 13.2. The number of para-hydroxylation sites is 1. The number of halogens is 2. The van der Waals surface area contributed by atoms with Crippen molar-refractivity contribution < 1.29 is 14.3 Å². The van der Waals surface area contributed by atoms with E-state index < -0.39 is 0 Å². The van der Waals surface area contributed by atoms with Crippen LogP contribution in [0.2, 0.25) is 10.0 Å². The highest BCUT2D eigenvalue weighted by Crippen LogP contribution is 2.37. The first-order valence-electron chi connectivity index (χ1n) is 11.9. The number of anilines is 1. The first kappa shape index (κ1) is 26.6. The van der Waals surface area contributed by atoms with Crippen molar-refractivity contribution in [3.63, 3.8) is 0 Å². The van der Waals surface area contributed by atoms with E-state index in [1.165, 1.54) is 57.8 Å². The number of ether oxygens (including phenoxy) is 2. The summed E-state index contributed by atoms with van der Waals surface area (Å²) in [4.78, 5) is 5.38. The number of nitrogens with one attached hydrogen (secondary N) is 1. The molecule has 1 N–H and O–H groups in total. The Balaban J connectivity index is 1.56. The number of hydrogen-bond acceptors (Lipinski definition) is 4. The topological polar surface area (TPSA) is 39.7 Å². The molecule has 0 saturated carbocycles. The SMILES string of the molecule is CCCCCCCCCCCCOc1cc(Cl)c(OCCONc2ccccc2)c(Cl)c1. The van der Waals surface area contributed by atoms with Gasteiger partial charge in [0, 0.05) is 12.1 Å². The predicted molar refractivity (Wildman–Crippen MR) is 135 cm³/mol. The number of rotatable bonds is 18. The Morgan fingerprint density at radius 2 is 1.28 bits per heavy atom. The lowest BCUT2D eigenvalue weighted by Crippen LogP contribution is -2.11. The van der Waals surface area contributed by atoms with Crippen molar-refractivity contribution in [3.8, 4) is 11.5 Å². The van der Waals surface area contributed by atoms with Crippen LogP contribution in [0.3, 0.4) is 0 Å². The molecule has 0 bridgehead atoms. The summed E-state index contributed by atoms with van der Waals surface area (Å²) in [5.41, 5.74) is 3.74. The van der Waals surface area contributed by atoms with Gasteiger partial charge < -0.3 is 9.47 Å². The lowest BCUT2D eigenvalue weighted by atomic mass is 10.1. The molecule has 0 aliphatic heterocycles. The molecular formula is C26H37Cl2NO3. The van der Waals surface area contributed by atoms with Gasteiger partial charge in [0.2, 0.25) is 0 Å². The molecule has 0 spiro atoms. The van der Waals surface area contributed by atoms with E-state index in [2.05, 4.69) is 12.4 Å². The van der Waals surface area contributed by atoms with Crippen molar-refractivity contribution in [2.45, 2.75) is 71.1 Å². The molecule has 6 heteroatoms. The first-order valence-corrected chi connectivity index (χ1v) is 12.6. The molecule has 0 aliphatic carbocycles. The molecule has 0 fully saturated rings. The normalized spacial score (nSPS) is 10.8. The summed E-state index contributed by atoms with van der Waals surface area (Å²) in [6.45, 7) is 3.59. The van der Waals surface area contributed by atoms with Crippen molar-refractivity contribution in [3.05, 3.63) is 52.5 Å². The first-order chi connectivity index (χ1) is 15.7. The molecule has 2 rings (SSSR count). The Morgan fingerprint density at radius 3 is 1.91 bits per heavy atom. The number of unbranched alkanes of at least 4 members (excludes halogenated alkanes) is 9. The van der Waals surface area contributed by atoms with Gasteiger partial charge in [0.1, 0.15) is 19.0 Å². The molecule has 2 aromatic carbocycles. The molecule has 0 aliphatic rings. The molecule has 32 heavy (non-hydrogen) atoms. The van der Waals surface area contributed by atoms with E-state index in [4.69, 9.17) is 37.5 Å². The summed E-state index contributed by atoms with van der Waals surface area (Å²) >= 11 is 12.7. The lowest BCUT2D eigenvalue weighted by molar-refractivity contribution is 0.143. The maximum Gasteiger partial charge on any atom is 0.156 e. The highest BCUT2D eigenvalue weighted by molar-refractivity contribution is 6.37. The molecule has 0 unspecified atom stereocenters. The maximum atomic E-state index is 6.34. The van der Waals surface area contributed by atoms with Gasteiger partial charge in [-0.15, -0.1) is 0 Å². The Bertz CT molecular complexity index is 720. The smallest absolute Gasteiger partial charge is 0.156 e. The summed E-state index contributed by atoms with van der Waals surface area (Å²) < 4.78 is 11.5. The molecule has 178 valence electrons. The second-order valence-corrected chi connectivity index (χ2v) is 8.73. The largest absolute Gasteiger partial charge is 0.493 e. The summed E-state index contributed by atoms with van der Waals surface area (Å²) in [7, 11) is 0. The van der Waals surface area contributed by atoms with Crippen LogP contribution in [0.5, 0.6) is 11.5 Å². The fourth-order valence-electron chi connectivity index (χ4n) is 3.36. The Morgan fingerprint density at radius 1 is 0.688 bits per heavy atom. The van der Waals surface area contributed by atoms with E-state index in [1.54, 1.807) is 12.1 Å². The standard InChI is InChI=1S/C26H37Cl2NO3/c1-2-3-4-5-6-7-8-9-10-14-17-30-23-20-24(27)26(25(28)21-23)31-18-19-32-29-22-15-12-11-13-16-22/h11-13,15-16,20-21,29H,2-10,14,17-19H2,1H3. The lowest BCUT2D eigenvalue weighted by Gasteiger charge is -2.13. The molecule has 0 aromatic heterocycles. The van der Waals surface area contributed by atoms with Gasteiger partial charge >= 0.3 is 0 Å². The molecular weight excluding hydrogens is 445 g/mol. The summed E-state index contributed by atoms with van der Waals surface area (Å²) in [5.74, 6) is 1.12. The average Bonchev–Trinajstić information content (AvgIpc) is 2.79. The van der Waals surface area contributed by atoms with Crippen LogP contribution in [0, 0.1) is 0 Å². The van der Waals surface area contributed by atoms with Crippen LogP contribution in [0.15, 0.2) is 42.5 Å². The maximum absolute atomic E-state index is 6.34. The molecule has 0 radical (unpaired) electrons. The van der Waals surface area contributed by atoms with Gasteiger partial charge in [-0.3, -0.25) is 10.3 Å². The van der Waals surface area contributed by atoms with E-state index in [-0.39, 0.29) is 0 Å². The third-order valence-corrected chi connectivity index (χ3v) is 5.70. The fraction of sp³-hybridized carbons (Fsp3) is 0.538. The van der Waals surface area contributed by atoms with E-state index >= 15 is 0 Å². The molecule has 2 aromatic rings. The second-order valence-electron chi connectivity index (χ2n) is 7.91. The molecule has 4 nitrogen and oxygen atoms in total. The van der Waals surface area contributed by atoms with Crippen LogP contribution in [-0.4, -0.2) is 19.8 Å². The quantitative estimate of drug-likeness (QED) is 0.170. The van der Waals surface area contributed by atoms with Crippen LogP contribution in [0.4, 0.5) is 5.69 Å². The van der Waals surface area contributed by atoms with Crippen molar-refractivity contribution >= 4 is 28.9 Å². The van der Waals surface area contributed by atoms with Gasteiger partial charge in [-0.2, -0.15) is 0 Å². The van der Waals surface area contributed by atoms with Gasteiger partial charge in [-0.1, -0.05) is 106 Å². The van der Waals surface area contributed by atoms with Gasteiger partial charge in [0.15, 0.2) is 5.75 Å². The van der Waals surface area contributed by atoms with E-state index in [0.29, 0.717) is 41.4 Å². The zero-order valence-electron chi connectivity index (χ0n) is 19.2. The fourth-order valence-corrected chi connectivity index (χ4v) is 3.94. The van der Waals surface area contributed by atoms with Gasteiger partial charge in [0.25, 0.3) is 0 Å². The highest BCUT2D eigenvalue weighted by atomic mass is 35.5. The van der Waals surface area contributed by atoms with Crippen molar-refractivity contribution in [1.82, 2.24) is 0 Å². The van der Waals surface area contributed by atoms with E-state index in [9.17, 15) is 0 Å². The molecule has 0 heterocycles. The van der Waals surface area contributed by atoms with Gasteiger partial charge in [-0.25, -0.2) is 0 Å². The van der Waals surface area contributed by atoms with Crippen LogP contribution in [0.1, 0.15) is 71.1 Å². The van der Waals surface area contributed by atoms with E-state index in [0.717, 1.165) is 12.1 Å². The predicted octanol–water partition coefficient (Wildman–Crippen LogP) is 8.72. The molecule has 0 saturated heterocycles. The van der Waals surface area contributed by atoms with Crippen LogP contribution < -0.4 is 15.0 Å². The summed E-state index contributed by atoms with van der Waals surface area (Å²) in [5, 5.41) is 0.873. The van der Waals surface area contributed by atoms with Gasteiger partial charge in [-0.05, 0) is 18.6 Å². The van der Waals surface area contributed by atoms with Crippen molar-refractivity contribution in [2.24, 2.45) is 0 Å². The number of benzene rings is 2. The number of hydrogen-bond donors (Lipinski definition) is 1. The van der Waals surface area contributed by atoms with Crippen LogP contribution >= 0.6 is 23.2 Å². The second kappa shape index (κ2) is 16.9.